The number of anilines is 1. The number of aryl methyl sites for hydroxylation is 2. The first-order chi connectivity index (χ1) is 13.1. The summed E-state index contributed by atoms with van der Waals surface area (Å²) in [6.45, 7) is 4.74. The summed E-state index contributed by atoms with van der Waals surface area (Å²) in [7, 11) is 0. The van der Waals surface area contributed by atoms with Crippen LogP contribution in [0.1, 0.15) is 39.9 Å². The fourth-order valence-electron chi connectivity index (χ4n) is 3.75. The van der Waals surface area contributed by atoms with E-state index in [0.717, 1.165) is 44.7 Å². The van der Waals surface area contributed by atoms with Crippen LogP contribution >= 0.6 is 11.3 Å². The quantitative estimate of drug-likeness (QED) is 0.600. The third kappa shape index (κ3) is 4.00. The number of rotatable bonds is 3. The Morgan fingerprint density at radius 2 is 1.70 bits per heavy atom. The molecule has 2 heterocycles. The number of benzene rings is 1. The summed E-state index contributed by atoms with van der Waals surface area (Å²) in [5, 5.41) is 0. The predicted molar refractivity (Wildman–Crippen MR) is 107 cm³/mol. The Bertz CT molecular complexity index is 812. The van der Waals surface area contributed by atoms with Crippen molar-refractivity contribution in [2.24, 2.45) is 0 Å². The van der Waals surface area contributed by atoms with Crippen molar-refractivity contribution >= 4 is 28.9 Å². The molecule has 142 valence electrons. The Morgan fingerprint density at radius 1 is 1.00 bits per heavy atom. The largest absolute Gasteiger partial charge is 0.422 e. The van der Waals surface area contributed by atoms with Gasteiger partial charge in [-0.2, -0.15) is 0 Å². The third-order valence-electron chi connectivity index (χ3n) is 5.34. The first kappa shape index (κ1) is 18.0. The molecule has 0 saturated carbocycles. The molecule has 1 aromatic carbocycles. The molecule has 0 radical (unpaired) electrons. The number of carbonyl (C=O) groups excluding carboxylic acids is 2. The van der Waals surface area contributed by atoms with Gasteiger partial charge in [0, 0.05) is 43.7 Å². The van der Waals surface area contributed by atoms with Gasteiger partial charge in [-0.1, -0.05) is 0 Å². The molecule has 0 unspecified atom stereocenters. The van der Waals surface area contributed by atoms with E-state index in [1.807, 2.05) is 35.2 Å². The minimum absolute atomic E-state index is 0.132. The molecule has 27 heavy (non-hydrogen) atoms. The number of hydrogen-bond donors (Lipinski definition) is 0. The lowest BCUT2D eigenvalue weighted by Gasteiger charge is -2.35. The molecule has 0 N–H and O–H groups in total. The minimum atomic E-state index is -0.266. The van der Waals surface area contributed by atoms with Crippen LogP contribution in [0.2, 0.25) is 0 Å². The lowest BCUT2D eigenvalue weighted by Crippen LogP contribution is -2.48. The van der Waals surface area contributed by atoms with Gasteiger partial charge in [-0.25, -0.2) is 4.79 Å². The highest BCUT2D eigenvalue weighted by atomic mass is 32.1. The molecule has 6 heteroatoms. The fraction of sp³-hybridized carbons (Fsp3) is 0.429. The topological polar surface area (TPSA) is 49.9 Å². The highest BCUT2D eigenvalue weighted by molar-refractivity contribution is 7.14. The second-order valence-corrected chi connectivity index (χ2v) is 8.28. The molecular formula is C21H24N2O3S. The van der Waals surface area contributed by atoms with E-state index in [9.17, 15) is 9.59 Å². The van der Waals surface area contributed by atoms with Crippen molar-refractivity contribution in [2.75, 3.05) is 31.1 Å². The molecule has 1 fully saturated rings. The van der Waals surface area contributed by atoms with Gasteiger partial charge < -0.3 is 14.5 Å². The first-order valence-corrected chi connectivity index (χ1v) is 10.4. The van der Waals surface area contributed by atoms with Crippen molar-refractivity contribution in [3.8, 4) is 5.75 Å². The number of thiophene rings is 1. The van der Waals surface area contributed by atoms with E-state index in [1.54, 1.807) is 18.3 Å². The minimum Gasteiger partial charge on any atom is -0.422 e. The Hall–Kier alpha value is -2.34. The Kier molecular flexibility index (Phi) is 5.16. The van der Waals surface area contributed by atoms with Crippen LogP contribution in [0.4, 0.5) is 5.69 Å². The van der Waals surface area contributed by atoms with Gasteiger partial charge in [0.2, 0.25) is 5.91 Å². The zero-order chi connectivity index (χ0) is 18.8. The van der Waals surface area contributed by atoms with E-state index in [0.29, 0.717) is 10.6 Å². The number of hydrogen-bond acceptors (Lipinski definition) is 5. The molecule has 4 rings (SSSR count). The average molecular weight is 385 g/mol. The summed E-state index contributed by atoms with van der Waals surface area (Å²) < 4.78 is 5.57. The lowest BCUT2D eigenvalue weighted by atomic mass is 9.99. The van der Waals surface area contributed by atoms with Gasteiger partial charge in [0.25, 0.3) is 0 Å². The van der Waals surface area contributed by atoms with E-state index in [4.69, 9.17) is 4.74 Å². The van der Waals surface area contributed by atoms with Crippen molar-refractivity contribution in [3.05, 3.63) is 45.6 Å². The smallest absolute Gasteiger partial charge is 0.353 e. The molecule has 0 spiro atoms. The summed E-state index contributed by atoms with van der Waals surface area (Å²) in [5.74, 6) is 0.432. The summed E-state index contributed by atoms with van der Waals surface area (Å²) in [6.07, 6.45) is 4.58. The SMILES string of the molecule is CC(=O)N1CCN(c2ccc(OC(=O)c3cc4c(s3)CCCC4)cc2)CC1. The average Bonchev–Trinajstić information content (AvgIpc) is 3.13. The molecule has 1 aromatic heterocycles. The molecule has 2 aromatic rings. The molecule has 2 aliphatic rings. The van der Waals surface area contributed by atoms with Crippen LogP contribution < -0.4 is 9.64 Å². The fourth-order valence-corrected chi connectivity index (χ4v) is 4.88. The number of nitrogens with zero attached hydrogens (tertiary/aromatic N) is 2. The van der Waals surface area contributed by atoms with Gasteiger partial charge in [-0.15, -0.1) is 11.3 Å². The zero-order valence-electron chi connectivity index (χ0n) is 15.6. The number of esters is 1. The molecule has 0 bridgehead atoms. The molecular weight excluding hydrogens is 360 g/mol. The molecule has 1 aliphatic heterocycles. The molecule has 1 aliphatic carbocycles. The van der Waals surface area contributed by atoms with Crippen molar-refractivity contribution in [1.82, 2.24) is 4.90 Å². The van der Waals surface area contributed by atoms with Gasteiger partial charge in [0.1, 0.15) is 10.6 Å². The zero-order valence-corrected chi connectivity index (χ0v) is 16.4. The lowest BCUT2D eigenvalue weighted by molar-refractivity contribution is -0.129. The van der Waals surface area contributed by atoms with Crippen LogP contribution in [0.15, 0.2) is 30.3 Å². The van der Waals surface area contributed by atoms with Crippen LogP contribution in [0.5, 0.6) is 5.75 Å². The Balaban J connectivity index is 1.37. The van der Waals surface area contributed by atoms with Crippen LogP contribution in [-0.4, -0.2) is 43.0 Å². The number of piperazine rings is 1. The van der Waals surface area contributed by atoms with Crippen molar-refractivity contribution in [2.45, 2.75) is 32.6 Å². The van der Waals surface area contributed by atoms with Gasteiger partial charge in [0.15, 0.2) is 0 Å². The van der Waals surface area contributed by atoms with E-state index in [-0.39, 0.29) is 11.9 Å². The van der Waals surface area contributed by atoms with Crippen LogP contribution in [0.3, 0.4) is 0 Å². The first-order valence-electron chi connectivity index (χ1n) is 9.54. The maximum atomic E-state index is 12.5. The van der Waals surface area contributed by atoms with Crippen molar-refractivity contribution in [3.63, 3.8) is 0 Å². The molecule has 1 amide bonds. The summed E-state index contributed by atoms with van der Waals surface area (Å²) >= 11 is 1.58. The number of carbonyl (C=O) groups is 2. The van der Waals surface area contributed by atoms with Gasteiger partial charge in [-0.05, 0) is 61.6 Å². The maximum Gasteiger partial charge on any atom is 0.353 e. The summed E-state index contributed by atoms with van der Waals surface area (Å²) in [5.41, 5.74) is 2.41. The number of amides is 1. The van der Waals surface area contributed by atoms with Crippen molar-refractivity contribution in [1.29, 1.82) is 0 Å². The predicted octanol–water partition coefficient (Wildman–Crippen LogP) is 3.51. The van der Waals surface area contributed by atoms with E-state index >= 15 is 0 Å². The third-order valence-corrected chi connectivity index (χ3v) is 6.55. The molecule has 5 nitrogen and oxygen atoms in total. The van der Waals surface area contributed by atoms with E-state index in [1.165, 1.54) is 23.3 Å². The number of ether oxygens (including phenoxy) is 1. The standard InChI is InChI=1S/C21H24N2O3S/c1-15(24)22-10-12-23(13-11-22)17-6-8-18(9-7-17)26-21(25)20-14-16-4-2-3-5-19(16)27-20/h6-9,14H,2-5,10-13H2,1H3. The summed E-state index contributed by atoms with van der Waals surface area (Å²) in [4.78, 5) is 30.0. The molecule has 0 atom stereocenters. The second kappa shape index (κ2) is 7.72. The van der Waals surface area contributed by atoms with E-state index in [2.05, 4.69) is 4.90 Å². The van der Waals surface area contributed by atoms with Crippen LogP contribution in [0, 0.1) is 0 Å². The highest BCUT2D eigenvalue weighted by Gasteiger charge is 2.20. The second-order valence-electron chi connectivity index (χ2n) is 7.14. The Labute approximate surface area is 163 Å². The van der Waals surface area contributed by atoms with Crippen molar-refractivity contribution < 1.29 is 14.3 Å². The van der Waals surface area contributed by atoms with Gasteiger partial charge in [-0.3, -0.25) is 4.79 Å². The Morgan fingerprint density at radius 3 is 2.37 bits per heavy atom. The van der Waals surface area contributed by atoms with Crippen LogP contribution in [0.25, 0.3) is 0 Å². The van der Waals surface area contributed by atoms with E-state index < -0.39 is 0 Å². The normalized spacial score (nSPS) is 16.8. The number of fused-ring (bicyclic) bond motifs is 1. The molecule has 1 saturated heterocycles. The van der Waals surface area contributed by atoms with Crippen LogP contribution in [-0.2, 0) is 17.6 Å². The summed E-state index contributed by atoms with van der Waals surface area (Å²) in [6, 6.07) is 9.65. The van der Waals surface area contributed by atoms with Gasteiger partial charge >= 0.3 is 5.97 Å². The maximum absolute atomic E-state index is 12.5. The van der Waals surface area contributed by atoms with Gasteiger partial charge in [0.05, 0.1) is 0 Å². The monoisotopic (exact) mass is 384 g/mol. The highest BCUT2D eigenvalue weighted by Crippen LogP contribution is 2.30.